The van der Waals surface area contributed by atoms with Crippen molar-refractivity contribution in [3.8, 4) is 11.1 Å². The maximum absolute atomic E-state index is 13.2. The summed E-state index contributed by atoms with van der Waals surface area (Å²) in [5, 5.41) is 0. The zero-order chi connectivity index (χ0) is 19.5. The van der Waals surface area contributed by atoms with Crippen molar-refractivity contribution in [3.63, 3.8) is 0 Å². The Balaban J connectivity index is 1.47. The summed E-state index contributed by atoms with van der Waals surface area (Å²) in [6, 6.07) is 11.6. The molecule has 2 aromatic rings. The van der Waals surface area contributed by atoms with Gasteiger partial charge < -0.3 is 4.90 Å². The normalized spacial score (nSPS) is 23.1. The first-order valence-electron chi connectivity index (χ1n) is 10.4. The fraction of sp³-hybridized carbons (Fsp3) is 0.478. The molecule has 2 atom stereocenters. The van der Waals surface area contributed by atoms with Crippen LogP contribution in [-0.4, -0.2) is 52.4 Å². The fourth-order valence-corrected chi connectivity index (χ4v) is 4.51. The Morgan fingerprint density at radius 3 is 2.50 bits per heavy atom. The molecule has 3 heterocycles. The van der Waals surface area contributed by atoms with Gasteiger partial charge in [0.15, 0.2) is 0 Å². The van der Waals surface area contributed by atoms with Gasteiger partial charge in [0.1, 0.15) is 0 Å². The highest BCUT2D eigenvalue weighted by atomic mass is 19.1. The lowest BCUT2D eigenvalue weighted by Gasteiger charge is -2.39. The lowest BCUT2D eigenvalue weighted by Crippen LogP contribution is -2.50. The fourth-order valence-electron chi connectivity index (χ4n) is 4.51. The topological polar surface area (TPSA) is 36.4 Å². The van der Waals surface area contributed by atoms with E-state index in [-0.39, 0.29) is 5.91 Å². The molecule has 2 saturated heterocycles. The second-order valence-electron chi connectivity index (χ2n) is 8.08. The molecule has 1 aromatic carbocycles. The highest BCUT2D eigenvalue weighted by Gasteiger charge is 2.31. The summed E-state index contributed by atoms with van der Waals surface area (Å²) in [5.41, 5.74) is 2.50. The molecule has 0 N–H and O–H groups in total. The monoisotopic (exact) mass is 381 g/mol. The molecule has 2 aliphatic rings. The van der Waals surface area contributed by atoms with Gasteiger partial charge in [-0.2, -0.15) is 4.39 Å². The van der Waals surface area contributed by atoms with Crippen LogP contribution in [0.5, 0.6) is 0 Å². The van der Waals surface area contributed by atoms with Crippen LogP contribution in [0, 0.1) is 5.95 Å². The van der Waals surface area contributed by atoms with Gasteiger partial charge in [0, 0.05) is 42.5 Å². The minimum absolute atomic E-state index is 0.125. The summed E-state index contributed by atoms with van der Waals surface area (Å²) in [6.45, 7) is 5.28. The molecule has 148 valence electrons. The number of hydrogen-bond donors (Lipinski definition) is 0. The van der Waals surface area contributed by atoms with Gasteiger partial charge in [-0.15, -0.1) is 0 Å². The summed E-state index contributed by atoms with van der Waals surface area (Å²) in [4.78, 5) is 21.5. The van der Waals surface area contributed by atoms with Crippen LogP contribution in [0.4, 0.5) is 4.39 Å². The number of amides is 1. The number of nitrogens with zero attached hydrogens (tertiary/aromatic N) is 3. The Bertz CT molecular complexity index is 806. The van der Waals surface area contributed by atoms with Crippen LogP contribution in [0.1, 0.15) is 49.4 Å². The number of rotatable bonds is 4. The number of halogens is 1. The van der Waals surface area contributed by atoms with Crippen molar-refractivity contribution in [2.45, 2.75) is 51.1 Å². The smallest absolute Gasteiger partial charge is 0.254 e. The predicted molar refractivity (Wildman–Crippen MR) is 109 cm³/mol. The van der Waals surface area contributed by atoms with E-state index in [1.165, 1.54) is 31.5 Å². The molecule has 4 nitrogen and oxygen atoms in total. The summed E-state index contributed by atoms with van der Waals surface area (Å²) >= 11 is 0. The molecule has 2 fully saturated rings. The molecular formula is C23H28FN3O. The van der Waals surface area contributed by atoms with Crippen molar-refractivity contribution in [1.29, 1.82) is 0 Å². The second kappa shape index (κ2) is 8.39. The SMILES string of the molecule is CC1CCCN1CC1CCCCN1C(=O)c1ccc(-c2ccc(F)nc2)cc1. The Labute approximate surface area is 166 Å². The largest absolute Gasteiger partial charge is 0.334 e. The van der Waals surface area contributed by atoms with Gasteiger partial charge in [0.25, 0.3) is 5.91 Å². The van der Waals surface area contributed by atoms with Crippen molar-refractivity contribution < 1.29 is 9.18 Å². The minimum atomic E-state index is -0.487. The molecular weight excluding hydrogens is 353 g/mol. The van der Waals surface area contributed by atoms with Crippen LogP contribution >= 0.6 is 0 Å². The summed E-state index contributed by atoms with van der Waals surface area (Å²) in [6.07, 6.45) is 7.42. The number of piperidine rings is 1. The van der Waals surface area contributed by atoms with Crippen molar-refractivity contribution >= 4 is 5.91 Å². The van der Waals surface area contributed by atoms with Crippen LogP contribution < -0.4 is 0 Å². The zero-order valence-corrected chi connectivity index (χ0v) is 16.5. The van der Waals surface area contributed by atoms with E-state index in [2.05, 4.69) is 21.7 Å². The van der Waals surface area contributed by atoms with Crippen LogP contribution in [0.15, 0.2) is 42.6 Å². The number of likely N-dealkylation sites (tertiary alicyclic amines) is 2. The third-order valence-electron chi connectivity index (χ3n) is 6.22. The van der Waals surface area contributed by atoms with Crippen LogP contribution in [-0.2, 0) is 0 Å². The molecule has 2 unspecified atom stereocenters. The van der Waals surface area contributed by atoms with E-state index in [1.807, 2.05) is 24.3 Å². The number of hydrogen-bond acceptors (Lipinski definition) is 3. The van der Waals surface area contributed by atoms with Crippen molar-refractivity contribution in [1.82, 2.24) is 14.8 Å². The van der Waals surface area contributed by atoms with Crippen molar-refractivity contribution in [2.75, 3.05) is 19.6 Å². The number of carbonyl (C=O) groups is 1. The van der Waals surface area contributed by atoms with Gasteiger partial charge in [-0.25, -0.2) is 4.98 Å². The van der Waals surface area contributed by atoms with Crippen LogP contribution in [0.2, 0.25) is 0 Å². The highest BCUT2D eigenvalue weighted by molar-refractivity contribution is 5.95. The zero-order valence-electron chi connectivity index (χ0n) is 16.5. The molecule has 0 radical (unpaired) electrons. The molecule has 2 aliphatic heterocycles. The van der Waals surface area contributed by atoms with E-state index < -0.39 is 5.95 Å². The van der Waals surface area contributed by atoms with Gasteiger partial charge in [0.05, 0.1) is 0 Å². The van der Waals surface area contributed by atoms with E-state index in [0.717, 1.165) is 49.2 Å². The molecule has 1 amide bonds. The number of pyridine rings is 1. The van der Waals surface area contributed by atoms with Gasteiger partial charge in [-0.1, -0.05) is 12.1 Å². The molecule has 5 heteroatoms. The number of aromatic nitrogens is 1. The van der Waals surface area contributed by atoms with Crippen LogP contribution in [0.3, 0.4) is 0 Å². The summed E-state index contributed by atoms with van der Waals surface area (Å²) < 4.78 is 13.0. The standard InChI is InChI=1S/C23H28FN3O/c1-17-5-4-13-26(17)16-21-6-2-3-14-27(21)23(28)19-9-7-18(8-10-19)20-11-12-22(24)25-15-20/h7-12,15,17,21H,2-6,13-14,16H2,1H3. The van der Waals surface area contributed by atoms with E-state index in [1.54, 1.807) is 6.07 Å². The molecule has 0 bridgehead atoms. The van der Waals surface area contributed by atoms with Gasteiger partial charge >= 0.3 is 0 Å². The number of benzene rings is 1. The maximum atomic E-state index is 13.2. The van der Waals surface area contributed by atoms with Crippen molar-refractivity contribution in [3.05, 3.63) is 54.1 Å². The average molecular weight is 381 g/mol. The molecule has 0 aliphatic carbocycles. The summed E-state index contributed by atoms with van der Waals surface area (Å²) in [7, 11) is 0. The van der Waals surface area contributed by atoms with Gasteiger partial charge in [-0.05, 0) is 75.4 Å². The van der Waals surface area contributed by atoms with Crippen molar-refractivity contribution in [2.24, 2.45) is 0 Å². The first-order chi connectivity index (χ1) is 13.6. The quantitative estimate of drug-likeness (QED) is 0.738. The minimum Gasteiger partial charge on any atom is -0.334 e. The molecule has 0 spiro atoms. The first kappa shape index (κ1) is 19.1. The third-order valence-corrected chi connectivity index (χ3v) is 6.22. The number of carbonyl (C=O) groups excluding carboxylic acids is 1. The van der Waals surface area contributed by atoms with E-state index in [4.69, 9.17) is 0 Å². The average Bonchev–Trinajstić information content (AvgIpc) is 3.13. The lowest BCUT2D eigenvalue weighted by molar-refractivity contribution is 0.0539. The summed E-state index contributed by atoms with van der Waals surface area (Å²) in [5.74, 6) is -0.362. The Morgan fingerprint density at radius 2 is 1.82 bits per heavy atom. The Hall–Kier alpha value is -2.27. The molecule has 1 aromatic heterocycles. The second-order valence-corrected chi connectivity index (χ2v) is 8.08. The Morgan fingerprint density at radius 1 is 1.04 bits per heavy atom. The lowest BCUT2D eigenvalue weighted by atomic mass is 9.99. The molecule has 4 rings (SSSR count). The van der Waals surface area contributed by atoms with Gasteiger partial charge in [0.2, 0.25) is 5.95 Å². The molecule has 0 saturated carbocycles. The predicted octanol–water partition coefficient (Wildman–Crippen LogP) is 4.37. The van der Waals surface area contributed by atoms with E-state index in [9.17, 15) is 9.18 Å². The highest BCUT2D eigenvalue weighted by Crippen LogP contribution is 2.25. The third kappa shape index (κ3) is 4.09. The maximum Gasteiger partial charge on any atom is 0.254 e. The molecule has 28 heavy (non-hydrogen) atoms. The van der Waals surface area contributed by atoms with E-state index >= 15 is 0 Å². The Kier molecular flexibility index (Phi) is 5.72. The first-order valence-corrected chi connectivity index (χ1v) is 10.4. The van der Waals surface area contributed by atoms with E-state index in [0.29, 0.717) is 12.1 Å². The van der Waals surface area contributed by atoms with Gasteiger partial charge in [-0.3, -0.25) is 9.69 Å². The van der Waals surface area contributed by atoms with Crippen LogP contribution in [0.25, 0.3) is 11.1 Å².